The molecular formula is C12H18N2O2. The first-order chi connectivity index (χ1) is 7.67. The van der Waals surface area contributed by atoms with Gasteiger partial charge in [0.05, 0.1) is 13.0 Å². The summed E-state index contributed by atoms with van der Waals surface area (Å²) in [5.41, 5.74) is 7.50. The van der Waals surface area contributed by atoms with Crippen molar-refractivity contribution < 1.29 is 9.90 Å². The van der Waals surface area contributed by atoms with Gasteiger partial charge in [-0.3, -0.25) is 4.79 Å². The fraction of sp³-hybridized carbons (Fsp3) is 0.417. The van der Waals surface area contributed by atoms with Gasteiger partial charge in [-0.1, -0.05) is 24.3 Å². The first kappa shape index (κ1) is 12.7. The van der Waals surface area contributed by atoms with E-state index in [9.17, 15) is 4.79 Å². The van der Waals surface area contributed by atoms with Crippen LogP contribution in [0.4, 0.5) is 0 Å². The maximum atomic E-state index is 11.6. The van der Waals surface area contributed by atoms with Gasteiger partial charge in [-0.15, -0.1) is 0 Å². The molecule has 4 N–H and O–H groups in total. The van der Waals surface area contributed by atoms with Crippen LogP contribution in [0.5, 0.6) is 0 Å². The lowest BCUT2D eigenvalue weighted by molar-refractivity contribution is -0.121. The van der Waals surface area contributed by atoms with Crippen LogP contribution in [0.3, 0.4) is 0 Å². The molecule has 0 saturated heterocycles. The summed E-state index contributed by atoms with van der Waals surface area (Å²) in [5, 5.41) is 11.5. The van der Waals surface area contributed by atoms with Crippen LogP contribution in [-0.2, 0) is 17.8 Å². The average molecular weight is 222 g/mol. The quantitative estimate of drug-likeness (QED) is 0.665. The number of amides is 1. The van der Waals surface area contributed by atoms with Crippen LogP contribution in [-0.4, -0.2) is 23.7 Å². The molecule has 0 fully saturated rings. The van der Waals surface area contributed by atoms with Gasteiger partial charge in [0.15, 0.2) is 0 Å². The zero-order valence-electron chi connectivity index (χ0n) is 9.44. The molecule has 0 unspecified atom stereocenters. The lowest BCUT2D eigenvalue weighted by Gasteiger charge is -2.12. The third-order valence-corrected chi connectivity index (χ3v) is 2.37. The Labute approximate surface area is 95.5 Å². The Morgan fingerprint density at radius 1 is 1.44 bits per heavy atom. The zero-order chi connectivity index (χ0) is 12.0. The molecule has 0 radical (unpaired) electrons. The van der Waals surface area contributed by atoms with E-state index in [1.807, 2.05) is 24.3 Å². The van der Waals surface area contributed by atoms with Crippen molar-refractivity contribution in [2.45, 2.75) is 25.9 Å². The molecule has 0 heterocycles. The largest absolute Gasteiger partial charge is 0.394 e. The standard InChI is InChI=1S/C12H18N2O2/c1-9(8-15)14-12(16)6-10-4-2-3-5-11(10)7-13/h2-5,9,15H,6-8,13H2,1H3,(H,14,16)/t9-/m1/s1. The summed E-state index contributed by atoms with van der Waals surface area (Å²) in [7, 11) is 0. The van der Waals surface area contributed by atoms with Gasteiger partial charge in [-0.25, -0.2) is 0 Å². The van der Waals surface area contributed by atoms with Crippen LogP contribution >= 0.6 is 0 Å². The first-order valence-corrected chi connectivity index (χ1v) is 5.34. The predicted octanol–water partition coefficient (Wildman–Crippen LogP) is 0.185. The van der Waals surface area contributed by atoms with Gasteiger partial charge in [0.25, 0.3) is 0 Å². The number of hydrogen-bond donors (Lipinski definition) is 3. The molecule has 0 aliphatic heterocycles. The molecule has 0 aliphatic carbocycles. The monoisotopic (exact) mass is 222 g/mol. The summed E-state index contributed by atoms with van der Waals surface area (Å²) in [5.74, 6) is -0.0950. The number of nitrogens with one attached hydrogen (secondary N) is 1. The molecule has 0 spiro atoms. The highest BCUT2D eigenvalue weighted by atomic mass is 16.3. The molecule has 4 heteroatoms. The summed E-state index contributed by atoms with van der Waals surface area (Å²) >= 11 is 0. The fourth-order valence-electron chi connectivity index (χ4n) is 1.47. The summed E-state index contributed by atoms with van der Waals surface area (Å²) in [6, 6.07) is 7.39. The Morgan fingerprint density at radius 3 is 2.62 bits per heavy atom. The Morgan fingerprint density at radius 2 is 2.06 bits per heavy atom. The molecular weight excluding hydrogens is 204 g/mol. The van der Waals surface area contributed by atoms with E-state index in [4.69, 9.17) is 10.8 Å². The van der Waals surface area contributed by atoms with E-state index in [2.05, 4.69) is 5.32 Å². The van der Waals surface area contributed by atoms with Gasteiger partial charge in [0, 0.05) is 12.6 Å². The van der Waals surface area contributed by atoms with Crippen molar-refractivity contribution in [1.29, 1.82) is 0 Å². The number of rotatable bonds is 5. The molecule has 0 saturated carbocycles. The van der Waals surface area contributed by atoms with E-state index in [1.165, 1.54) is 0 Å². The van der Waals surface area contributed by atoms with E-state index in [1.54, 1.807) is 6.92 Å². The van der Waals surface area contributed by atoms with Gasteiger partial charge in [-0.05, 0) is 18.1 Å². The number of benzene rings is 1. The van der Waals surface area contributed by atoms with E-state index >= 15 is 0 Å². The Bertz CT molecular complexity index is 353. The van der Waals surface area contributed by atoms with Gasteiger partial charge < -0.3 is 16.2 Å². The minimum Gasteiger partial charge on any atom is -0.394 e. The first-order valence-electron chi connectivity index (χ1n) is 5.34. The van der Waals surface area contributed by atoms with Crippen LogP contribution in [0.25, 0.3) is 0 Å². The van der Waals surface area contributed by atoms with E-state index in [0.29, 0.717) is 13.0 Å². The maximum Gasteiger partial charge on any atom is 0.224 e. The normalized spacial score (nSPS) is 12.2. The topological polar surface area (TPSA) is 75.3 Å². The number of carbonyl (C=O) groups is 1. The third kappa shape index (κ3) is 3.64. The molecule has 1 aromatic carbocycles. The van der Waals surface area contributed by atoms with E-state index in [0.717, 1.165) is 11.1 Å². The van der Waals surface area contributed by atoms with Gasteiger partial charge in [0.2, 0.25) is 5.91 Å². The highest BCUT2D eigenvalue weighted by Crippen LogP contribution is 2.08. The number of nitrogens with two attached hydrogens (primary N) is 1. The summed E-state index contributed by atoms with van der Waals surface area (Å²) in [6.07, 6.45) is 0.303. The maximum absolute atomic E-state index is 11.6. The van der Waals surface area contributed by atoms with Crippen molar-refractivity contribution in [3.8, 4) is 0 Å². The SMILES string of the molecule is C[C@H](CO)NC(=O)Cc1ccccc1CN. The Hall–Kier alpha value is -1.39. The number of hydrogen-bond acceptors (Lipinski definition) is 3. The molecule has 0 aliphatic rings. The van der Waals surface area contributed by atoms with Crippen molar-refractivity contribution >= 4 is 5.91 Å². The van der Waals surface area contributed by atoms with Gasteiger partial charge in [0.1, 0.15) is 0 Å². The molecule has 1 rings (SSSR count). The highest BCUT2D eigenvalue weighted by molar-refractivity contribution is 5.79. The molecule has 1 aromatic rings. The van der Waals surface area contributed by atoms with Gasteiger partial charge >= 0.3 is 0 Å². The van der Waals surface area contributed by atoms with Crippen LogP contribution in [0.2, 0.25) is 0 Å². The summed E-state index contributed by atoms with van der Waals surface area (Å²) < 4.78 is 0. The molecule has 1 atom stereocenters. The number of carbonyl (C=O) groups excluding carboxylic acids is 1. The average Bonchev–Trinajstić information content (AvgIpc) is 2.29. The third-order valence-electron chi connectivity index (χ3n) is 2.37. The second kappa shape index (κ2) is 6.25. The second-order valence-electron chi connectivity index (χ2n) is 3.80. The summed E-state index contributed by atoms with van der Waals surface area (Å²) in [4.78, 5) is 11.6. The fourth-order valence-corrected chi connectivity index (χ4v) is 1.47. The second-order valence-corrected chi connectivity index (χ2v) is 3.80. The lowest BCUT2D eigenvalue weighted by Crippen LogP contribution is -2.36. The minimum atomic E-state index is -0.211. The smallest absolute Gasteiger partial charge is 0.224 e. The predicted molar refractivity (Wildman–Crippen MR) is 62.7 cm³/mol. The van der Waals surface area contributed by atoms with Gasteiger partial charge in [-0.2, -0.15) is 0 Å². The minimum absolute atomic E-state index is 0.0513. The molecule has 1 amide bonds. The molecule has 0 aromatic heterocycles. The van der Waals surface area contributed by atoms with E-state index in [-0.39, 0.29) is 18.6 Å². The van der Waals surface area contributed by atoms with Crippen molar-refractivity contribution in [3.05, 3.63) is 35.4 Å². The lowest BCUT2D eigenvalue weighted by atomic mass is 10.0. The zero-order valence-corrected chi connectivity index (χ0v) is 9.44. The molecule has 16 heavy (non-hydrogen) atoms. The van der Waals surface area contributed by atoms with E-state index < -0.39 is 0 Å². The summed E-state index contributed by atoms with van der Waals surface area (Å²) in [6.45, 7) is 2.13. The number of aliphatic hydroxyl groups excluding tert-OH is 1. The van der Waals surface area contributed by atoms with Crippen molar-refractivity contribution in [2.75, 3.05) is 6.61 Å². The van der Waals surface area contributed by atoms with Crippen molar-refractivity contribution in [3.63, 3.8) is 0 Å². The molecule has 88 valence electrons. The van der Waals surface area contributed by atoms with Crippen LogP contribution in [0.15, 0.2) is 24.3 Å². The molecule has 4 nitrogen and oxygen atoms in total. The Balaban J connectivity index is 2.62. The number of aliphatic hydroxyl groups is 1. The van der Waals surface area contributed by atoms with Crippen molar-refractivity contribution in [2.24, 2.45) is 5.73 Å². The highest BCUT2D eigenvalue weighted by Gasteiger charge is 2.09. The van der Waals surface area contributed by atoms with Crippen LogP contribution < -0.4 is 11.1 Å². The van der Waals surface area contributed by atoms with Crippen LogP contribution in [0, 0.1) is 0 Å². The van der Waals surface area contributed by atoms with Crippen LogP contribution in [0.1, 0.15) is 18.1 Å². The van der Waals surface area contributed by atoms with Crippen molar-refractivity contribution in [1.82, 2.24) is 5.32 Å². The Kier molecular flexibility index (Phi) is 4.95. The molecule has 0 bridgehead atoms.